The van der Waals surface area contributed by atoms with Crippen molar-refractivity contribution in [3.8, 4) is 0 Å². The van der Waals surface area contributed by atoms with E-state index in [1.165, 1.54) is 32.2 Å². The quantitative estimate of drug-likeness (QED) is 0.627. The van der Waals surface area contributed by atoms with Crippen LogP contribution in [0.15, 0.2) is 0 Å². The Bertz CT molecular complexity index is 208. The minimum absolute atomic E-state index is 0.794. The zero-order valence-corrected chi connectivity index (χ0v) is 13.5. The van der Waals surface area contributed by atoms with E-state index in [0.717, 1.165) is 35.6 Å². The van der Waals surface area contributed by atoms with Crippen molar-refractivity contribution >= 4 is 0 Å². The zero-order chi connectivity index (χ0) is 13.7. The molecular weight excluding hydrogens is 218 g/mol. The zero-order valence-electron chi connectivity index (χ0n) is 13.5. The van der Waals surface area contributed by atoms with Crippen LogP contribution >= 0.6 is 0 Å². The monoisotopic (exact) mass is 253 g/mol. The van der Waals surface area contributed by atoms with E-state index in [0.29, 0.717) is 0 Å². The molecule has 0 saturated heterocycles. The van der Waals surface area contributed by atoms with Crippen LogP contribution in [-0.4, -0.2) is 12.6 Å². The van der Waals surface area contributed by atoms with Crippen LogP contribution in [0.4, 0.5) is 0 Å². The van der Waals surface area contributed by atoms with E-state index in [4.69, 9.17) is 0 Å². The molecule has 0 bridgehead atoms. The summed E-state index contributed by atoms with van der Waals surface area (Å²) in [4.78, 5) is 0. The standard InChI is InChI=1S/C17H35N/c1-12(2)7-10-17(15-8-9-15)18-11-16(13(3)4)14(5)6/h12-18H,7-11H2,1-6H3. The third-order valence-corrected chi connectivity index (χ3v) is 4.57. The van der Waals surface area contributed by atoms with Gasteiger partial charge < -0.3 is 5.32 Å². The Kier molecular flexibility index (Phi) is 6.70. The van der Waals surface area contributed by atoms with Gasteiger partial charge in [-0.25, -0.2) is 0 Å². The summed E-state index contributed by atoms with van der Waals surface area (Å²) in [5.41, 5.74) is 0. The SMILES string of the molecule is CC(C)CCC(NCC(C(C)C)C(C)C)C1CC1. The van der Waals surface area contributed by atoms with E-state index < -0.39 is 0 Å². The van der Waals surface area contributed by atoms with Gasteiger partial charge in [0.15, 0.2) is 0 Å². The third-order valence-electron chi connectivity index (χ3n) is 4.57. The Balaban J connectivity index is 2.36. The molecule has 1 N–H and O–H groups in total. The average molecular weight is 253 g/mol. The van der Waals surface area contributed by atoms with Gasteiger partial charge in [0.25, 0.3) is 0 Å². The summed E-state index contributed by atoms with van der Waals surface area (Å²) in [5, 5.41) is 3.90. The molecule has 1 fully saturated rings. The van der Waals surface area contributed by atoms with Gasteiger partial charge in [-0.3, -0.25) is 0 Å². The Labute approximate surface area is 115 Å². The van der Waals surface area contributed by atoms with Gasteiger partial charge in [0.1, 0.15) is 0 Å². The fourth-order valence-corrected chi connectivity index (χ4v) is 3.04. The van der Waals surface area contributed by atoms with Gasteiger partial charge in [0.2, 0.25) is 0 Å². The molecule has 1 saturated carbocycles. The molecule has 18 heavy (non-hydrogen) atoms. The topological polar surface area (TPSA) is 12.0 Å². The number of hydrogen-bond donors (Lipinski definition) is 1. The molecule has 108 valence electrons. The molecule has 1 unspecified atom stereocenters. The van der Waals surface area contributed by atoms with Crippen molar-refractivity contribution in [1.29, 1.82) is 0 Å². The van der Waals surface area contributed by atoms with Crippen molar-refractivity contribution in [2.45, 2.75) is 73.3 Å². The molecule has 1 nitrogen and oxygen atoms in total. The largest absolute Gasteiger partial charge is 0.313 e. The second kappa shape index (κ2) is 7.53. The molecule has 1 aliphatic rings. The Morgan fingerprint density at radius 3 is 1.83 bits per heavy atom. The first kappa shape index (κ1) is 16.0. The van der Waals surface area contributed by atoms with E-state index in [9.17, 15) is 0 Å². The Hall–Kier alpha value is -0.0400. The first-order valence-corrected chi connectivity index (χ1v) is 8.15. The van der Waals surface area contributed by atoms with Gasteiger partial charge in [-0.15, -0.1) is 0 Å². The summed E-state index contributed by atoms with van der Waals surface area (Å²) >= 11 is 0. The van der Waals surface area contributed by atoms with Crippen LogP contribution < -0.4 is 5.32 Å². The van der Waals surface area contributed by atoms with Gasteiger partial charge in [-0.05, 0) is 61.8 Å². The third kappa shape index (κ3) is 5.73. The maximum Gasteiger partial charge on any atom is 0.00955 e. The summed E-state index contributed by atoms with van der Waals surface area (Å²) < 4.78 is 0. The van der Waals surface area contributed by atoms with Gasteiger partial charge in [0.05, 0.1) is 0 Å². The molecule has 0 aromatic heterocycles. The summed E-state index contributed by atoms with van der Waals surface area (Å²) in [7, 11) is 0. The van der Waals surface area contributed by atoms with E-state index in [1.807, 2.05) is 0 Å². The van der Waals surface area contributed by atoms with Gasteiger partial charge in [0, 0.05) is 6.04 Å². The van der Waals surface area contributed by atoms with Crippen LogP contribution in [0.3, 0.4) is 0 Å². The highest BCUT2D eigenvalue weighted by atomic mass is 14.9. The lowest BCUT2D eigenvalue weighted by molar-refractivity contribution is 0.254. The molecule has 0 spiro atoms. The second-order valence-corrected chi connectivity index (χ2v) is 7.48. The van der Waals surface area contributed by atoms with Crippen LogP contribution in [0.5, 0.6) is 0 Å². The van der Waals surface area contributed by atoms with Crippen molar-refractivity contribution in [3.05, 3.63) is 0 Å². The first-order valence-electron chi connectivity index (χ1n) is 8.15. The fourth-order valence-electron chi connectivity index (χ4n) is 3.04. The van der Waals surface area contributed by atoms with Crippen molar-refractivity contribution in [1.82, 2.24) is 5.32 Å². The first-order chi connectivity index (χ1) is 8.41. The number of rotatable bonds is 9. The smallest absolute Gasteiger partial charge is 0.00955 e. The normalized spacial score (nSPS) is 18.3. The molecule has 1 heteroatoms. The molecule has 1 aliphatic carbocycles. The van der Waals surface area contributed by atoms with Crippen molar-refractivity contribution in [2.75, 3.05) is 6.54 Å². The molecule has 1 atom stereocenters. The predicted molar refractivity (Wildman–Crippen MR) is 81.8 cm³/mol. The highest BCUT2D eigenvalue weighted by molar-refractivity contribution is 4.87. The van der Waals surface area contributed by atoms with Crippen LogP contribution in [0.2, 0.25) is 0 Å². The highest BCUT2D eigenvalue weighted by Gasteiger charge is 2.31. The summed E-state index contributed by atoms with van der Waals surface area (Å²) in [6, 6.07) is 0.799. The van der Waals surface area contributed by atoms with Crippen molar-refractivity contribution in [2.24, 2.45) is 29.6 Å². The molecule has 0 aliphatic heterocycles. The lowest BCUT2D eigenvalue weighted by Crippen LogP contribution is -2.38. The minimum Gasteiger partial charge on any atom is -0.313 e. The van der Waals surface area contributed by atoms with Crippen molar-refractivity contribution in [3.63, 3.8) is 0 Å². The molecule has 0 aromatic rings. The molecule has 0 heterocycles. The molecule has 1 rings (SSSR count). The van der Waals surface area contributed by atoms with E-state index in [2.05, 4.69) is 46.9 Å². The van der Waals surface area contributed by atoms with Crippen molar-refractivity contribution < 1.29 is 0 Å². The number of hydrogen-bond acceptors (Lipinski definition) is 1. The lowest BCUT2D eigenvalue weighted by Gasteiger charge is -2.28. The van der Waals surface area contributed by atoms with Crippen LogP contribution in [0, 0.1) is 29.6 Å². The summed E-state index contributed by atoms with van der Waals surface area (Å²) in [6.07, 6.45) is 5.68. The highest BCUT2D eigenvalue weighted by Crippen LogP contribution is 2.35. The Morgan fingerprint density at radius 2 is 1.44 bits per heavy atom. The maximum absolute atomic E-state index is 3.90. The second-order valence-electron chi connectivity index (χ2n) is 7.48. The lowest BCUT2D eigenvalue weighted by atomic mass is 9.85. The minimum atomic E-state index is 0.794. The van der Waals surface area contributed by atoms with Gasteiger partial charge in [-0.1, -0.05) is 41.5 Å². The fraction of sp³-hybridized carbons (Fsp3) is 1.00. The molecule has 0 amide bonds. The van der Waals surface area contributed by atoms with Crippen LogP contribution in [0.1, 0.15) is 67.2 Å². The van der Waals surface area contributed by atoms with Crippen LogP contribution in [0.25, 0.3) is 0 Å². The molecule has 0 radical (unpaired) electrons. The van der Waals surface area contributed by atoms with E-state index in [1.54, 1.807) is 0 Å². The van der Waals surface area contributed by atoms with E-state index in [-0.39, 0.29) is 0 Å². The predicted octanol–water partition coefficient (Wildman–Crippen LogP) is 4.72. The van der Waals surface area contributed by atoms with Gasteiger partial charge in [-0.2, -0.15) is 0 Å². The number of nitrogens with one attached hydrogen (secondary N) is 1. The summed E-state index contributed by atoms with van der Waals surface area (Å²) in [5.74, 6) is 4.25. The average Bonchev–Trinajstić information content (AvgIpc) is 3.05. The summed E-state index contributed by atoms with van der Waals surface area (Å²) in [6.45, 7) is 15.4. The molecule has 0 aromatic carbocycles. The maximum atomic E-state index is 3.90. The van der Waals surface area contributed by atoms with Crippen LogP contribution in [-0.2, 0) is 0 Å². The van der Waals surface area contributed by atoms with E-state index >= 15 is 0 Å². The van der Waals surface area contributed by atoms with Gasteiger partial charge >= 0.3 is 0 Å². The Morgan fingerprint density at radius 1 is 0.889 bits per heavy atom. The molecular formula is C17H35N.